The Hall–Kier alpha value is -2.54. The number of aliphatic hydroxyl groups is 1. The fourth-order valence-corrected chi connectivity index (χ4v) is 4.04. The van der Waals surface area contributed by atoms with Gasteiger partial charge < -0.3 is 10.0 Å². The zero-order valence-electron chi connectivity index (χ0n) is 15.6. The monoisotopic (exact) mass is 369 g/mol. The van der Waals surface area contributed by atoms with Gasteiger partial charge in [0.1, 0.15) is 17.2 Å². The van der Waals surface area contributed by atoms with Gasteiger partial charge in [0, 0.05) is 24.7 Å². The SMILES string of the molecule is CC(C)C[C@]1(O)CCCN(c2ccc(F)c(-c3n[nH]c4ncccc34)n2)C1. The Morgan fingerprint density at radius 3 is 2.96 bits per heavy atom. The second-order valence-electron chi connectivity index (χ2n) is 7.82. The summed E-state index contributed by atoms with van der Waals surface area (Å²) in [6.45, 7) is 5.53. The number of β-amino-alcohol motifs (C(OH)–C–C–N with tert-alkyl or cyclic N) is 1. The van der Waals surface area contributed by atoms with Crippen molar-refractivity contribution < 1.29 is 9.50 Å². The van der Waals surface area contributed by atoms with Gasteiger partial charge in [0.25, 0.3) is 0 Å². The van der Waals surface area contributed by atoms with Gasteiger partial charge in [-0.1, -0.05) is 13.8 Å². The Kier molecular flexibility index (Phi) is 4.55. The zero-order valence-corrected chi connectivity index (χ0v) is 15.6. The van der Waals surface area contributed by atoms with Gasteiger partial charge in [-0.15, -0.1) is 0 Å². The number of anilines is 1. The van der Waals surface area contributed by atoms with Crippen molar-refractivity contribution in [2.45, 2.75) is 38.7 Å². The van der Waals surface area contributed by atoms with Gasteiger partial charge in [0.15, 0.2) is 11.5 Å². The number of rotatable bonds is 4. The lowest BCUT2D eigenvalue weighted by Crippen LogP contribution is -2.49. The van der Waals surface area contributed by atoms with Crippen molar-refractivity contribution in [3.63, 3.8) is 0 Å². The molecule has 7 heteroatoms. The maximum atomic E-state index is 14.5. The summed E-state index contributed by atoms with van der Waals surface area (Å²) in [6.07, 6.45) is 4.07. The Morgan fingerprint density at radius 2 is 2.15 bits per heavy atom. The van der Waals surface area contributed by atoms with Gasteiger partial charge in [-0.3, -0.25) is 5.10 Å². The van der Waals surface area contributed by atoms with E-state index < -0.39 is 11.4 Å². The topological polar surface area (TPSA) is 77.9 Å². The minimum atomic E-state index is -0.731. The lowest BCUT2D eigenvalue weighted by Gasteiger charge is -2.40. The molecule has 1 saturated heterocycles. The van der Waals surface area contributed by atoms with E-state index in [4.69, 9.17) is 0 Å². The third kappa shape index (κ3) is 3.51. The average molecular weight is 369 g/mol. The molecule has 142 valence electrons. The van der Waals surface area contributed by atoms with Gasteiger partial charge in [0.05, 0.1) is 5.60 Å². The fourth-order valence-electron chi connectivity index (χ4n) is 4.04. The summed E-state index contributed by atoms with van der Waals surface area (Å²) >= 11 is 0. The van der Waals surface area contributed by atoms with Crippen LogP contribution in [0.1, 0.15) is 33.1 Å². The van der Waals surface area contributed by atoms with E-state index in [0.29, 0.717) is 29.6 Å². The number of aromatic amines is 1. The summed E-state index contributed by atoms with van der Waals surface area (Å²) in [6, 6.07) is 6.73. The van der Waals surface area contributed by atoms with Crippen LogP contribution in [0.15, 0.2) is 30.5 Å². The highest BCUT2D eigenvalue weighted by molar-refractivity contribution is 5.89. The van der Waals surface area contributed by atoms with E-state index in [1.807, 2.05) is 11.0 Å². The Balaban J connectivity index is 1.68. The number of fused-ring (bicyclic) bond motifs is 1. The van der Waals surface area contributed by atoms with E-state index >= 15 is 0 Å². The predicted octanol–water partition coefficient (Wildman–Crippen LogP) is 3.54. The number of hydrogen-bond donors (Lipinski definition) is 2. The molecule has 27 heavy (non-hydrogen) atoms. The number of nitrogens with one attached hydrogen (secondary N) is 1. The van der Waals surface area contributed by atoms with Crippen LogP contribution in [0.4, 0.5) is 10.2 Å². The lowest BCUT2D eigenvalue weighted by atomic mass is 9.85. The first-order valence-electron chi connectivity index (χ1n) is 9.38. The van der Waals surface area contributed by atoms with Crippen molar-refractivity contribution >= 4 is 16.9 Å². The molecule has 0 aromatic carbocycles. The van der Waals surface area contributed by atoms with Crippen LogP contribution in [0.3, 0.4) is 0 Å². The normalized spacial score (nSPS) is 20.6. The van der Waals surface area contributed by atoms with Gasteiger partial charge in [-0.25, -0.2) is 14.4 Å². The molecular weight excluding hydrogens is 345 g/mol. The standard InChI is InChI=1S/C20H24FN5O/c1-13(2)11-20(27)8-4-10-26(12-20)16-7-6-15(21)18(23-16)17-14-5-3-9-22-19(14)25-24-17/h3,5-7,9,13,27H,4,8,10-12H2,1-2H3,(H,22,24,25)/t20-/m1/s1. The van der Waals surface area contributed by atoms with Gasteiger partial charge in [-0.05, 0) is 49.4 Å². The molecule has 0 aliphatic carbocycles. The summed E-state index contributed by atoms with van der Waals surface area (Å²) in [7, 11) is 0. The van der Waals surface area contributed by atoms with Crippen LogP contribution in [0.25, 0.3) is 22.4 Å². The van der Waals surface area contributed by atoms with Crippen LogP contribution in [-0.2, 0) is 0 Å². The smallest absolute Gasteiger partial charge is 0.155 e. The highest BCUT2D eigenvalue weighted by Crippen LogP contribution is 2.32. The first-order valence-corrected chi connectivity index (χ1v) is 9.38. The molecular formula is C20H24FN5O. The number of piperidine rings is 1. The van der Waals surface area contributed by atoms with Crippen molar-refractivity contribution in [3.8, 4) is 11.4 Å². The quantitative estimate of drug-likeness (QED) is 0.735. The molecule has 4 heterocycles. The molecule has 0 spiro atoms. The summed E-state index contributed by atoms with van der Waals surface area (Å²) in [4.78, 5) is 10.8. The number of H-pyrrole nitrogens is 1. The lowest BCUT2D eigenvalue weighted by molar-refractivity contribution is 0.00662. The first kappa shape index (κ1) is 17.9. The number of nitrogens with zero attached hydrogens (tertiary/aromatic N) is 4. The molecule has 4 rings (SSSR count). The van der Waals surface area contributed by atoms with Crippen LogP contribution in [0, 0.1) is 11.7 Å². The summed E-state index contributed by atoms with van der Waals surface area (Å²) in [5, 5.41) is 18.7. The third-order valence-corrected chi connectivity index (χ3v) is 5.06. The van der Waals surface area contributed by atoms with Crippen LogP contribution in [0.2, 0.25) is 0 Å². The number of pyridine rings is 2. The summed E-state index contributed by atoms with van der Waals surface area (Å²) < 4.78 is 14.5. The molecule has 0 unspecified atom stereocenters. The molecule has 0 saturated carbocycles. The highest BCUT2D eigenvalue weighted by atomic mass is 19.1. The van der Waals surface area contributed by atoms with Crippen molar-refractivity contribution in [1.29, 1.82) is 0 Å². The van der Waals surface area contributed by atoms with E-state index in [-0.39, 0.29) is 5.69 Å². The van der Waals surface area contributed by atoms with Crippen LogP contribution >= 0.6 is 0 Å². The van der Waals surface area contributed by atoms with E-state index in [0.717, 1.165) is 31.2 Å². The third-order valence-electron chi connectivity index (χ3n) is 5.06. The van der Waals surface area contributed by atoms with Crippen molar-refractivity contribution in [2.75, 3.05) is 18.0 Å². The molecule has 6 nitrogen and oxygen atoms in total. The molecule has 0 bridgehead atoms. The number of aromatic nitrogens is 4. The van der Waals surface area contributed by atoms with Crippen molar-refractivity contribution in [3.05, 3.63) is 36.3 Å². The van der Waals surface area contributed by atoms with Crippen LogP contribution in [-0.4, -0.2) is 44.0 Å². The molecule has 0 amide bonds. The number of hydrogen-bond acceptors (Lipinski definition) is 5. The average Bonchev–Trinajstić information content (AvgIpc) is 3.05. The van der Waals surface area contributed by atoms with Gasteiger partial charge in [0.2, 0.25) is 0 Å². The minimum absolute atomic E-state index is 0.199. The van der Waals surface area contributed by atoms with Crippen molar-refractivity contribution in [2.24, 2.45) is 5.92 Å². The molecule has 1 atom stereocenters. The van der Waals surface area contributed by atoms with Gasteiger partial charge in [-0.2, -0.15) is 5.10 Å². The second kappa shape index (κ2) is 6.88. The first-order chi connectivity index (χ1) is 13.0. The zero-order chi connectivity index (χ0) is 19.0. The molecule has 2 N–H and O–H groups in total. The van der Waals surface area contributed by atoms with Gasteiger partial charge >= 0.3 is 0 Å². The summed E-state index contributed by atoms with van der Waals surface area (Å²) in [5.41, 5.74) is 0.519. The Morgan fingerprint density at radius 1 is 1.30 bits per heavy atom. The van der Waals surface area contributed by atoms with E-state index in [1.165, 1.54) is 6.07 Å². The second-order valence-corrected chi connectivity index (χ2v) is 7.82. The number of halogens is 1. The maximum Gasteiger partial charge on any atom is 0.155 e. The van der Waals surface area contributed by atoms with Crippen LogP contribution in [0.5, 0.6) is 0 Å². The molecule has 3 aromatic heterocycles. The summed E-state index contributed by atoms with van der Waals surface area (Å²) in [5.74, 6) is 0.647. The van der Waals surface area contributed by atoms with E-state index in [1.54, 1.807) is 18.3 Å². The molecule has 0 radical (unpaired) electrons. The predicted molar refractivity (Wildman–Crippen MR) is 103 cm³/mol. The molecule has 1 aliphatic rings. The molecule has 3 aromatic rings. The van der Waals surface area contributed by atoms with E-state index in [2.05, 4.69) is 34.0 Å². The molecule has 1 aliphatic heterocycles. The minimum Gasteiger partial charge on any atom is -0.388 e. The Bertz CT molecular complexity index is 956. The fraction of sp³-hybridized carbons (Fsp3) is 0.450. The largest absolute Gasteiger partial charge is 0.388 e. The van der Waals surface area contributed by atoms with E-state index in [9.17, 15) is 9.50 Å². The Labute approximate surface area is 157 Å². The van der Waals surface area contributed by atoms with Crippen LogP contribution < -0.4 is 4.90 Å². The molecule has 1 fully saturated rings. The maximum absolute atomic E-state index is 14.5. The highest BCUT2D eigenvalue weighted by Gasteiger charge is 2.34. The van der Waals surface area contributed by atoms with Crippen molar-refractivity contribution in [1.82, 2.24) is 20.2 Å².